The van der Waals surface area contributed by atoms with Crippen LogP contribution in [-0.2, 0) is 10.2 Å². The zero-order valence-corrected chi connectivity index (χ0v) is 15.8. The van der Waals surface area contributed by atoms with Crippen LogP contribution in [0.25, 0.3) is 16.8 Å². The number of para-hydroxylation sites is 1. The van der Waals surface area contributed by atoms with Crippen molar-refractivity contribution < 1.29 is 14.6 Å². The molecule has 5 rings (SSSR count). The Morgan fingerprint density at radius 2 is 1.79 bits per heavy atom. The molecule has 0 fully saturated rings. The lowest BCUT2D eigenvalue weighted by molar-refractivity contribution is -0.136. The van der Waals surface area contributed by atoms with E-state index < -0.39 is 17.1 Å². The Hall–Kier alpha value is -3.27. The van der Waals surface area contributed by atoms with E-state index in [0.29, 0.717) is 0 Å². The van der Waals surface area contributed by atoms with Gasteiger partial charge in [0.1, 0.15) is 12.3 Å². The molecule has 0 amide bonds. The molecule has 0 aliphatic carbocycles. The van der Waals surface area contributed by atoms with E-state index >= 15 is 0 Å². The van der Waals surface area contributed by atoms with Gasteiger partial charge in [-0.2, -0.15) is 0 Å². The van der Waals surface area contributed by atoms with Crippen molar-refractivity contribution in [2.24, 2.45) is 0 Å². The molecule has 4 heteroatoms. The first-order valence-electron chi connectivity index (χ1n) is 9.43. The number of benzene rings is 3. The Morgan fingerprint density at radius 1 is 1.04 bits per heavy atom. The minimum Gasteiger partial charge on any atom is -0.480 e. The molecule has 0 saturated carbocycles. The number of hydrogen-bond acceptors (Lipinski definition) is 3. The minimum atomic E-state index is -0.898. The molecule has 0 radical (unpaired) electrons. The standard InChI is InChI=1S/C24H21NO3/c1-23(2)19-9-5-6-10-20(19)25(15-22(26)27)24(23)14-13-18-17-8-4-3-7-16(17)11-12-21(18)28-24/h3-14H,15H2,1-2H3,(H,26,27). The molecule has 4 nitrogen and oxygen atoms in total. The number of nitrogens with zero attached hydrogens (tertiary/aromatic N) is 1. The number of anilines is 1. The van der Waals surface area contributed by atoms with E-state index in [4.69, 9.17) is 4.74 Å². The molecular weight excluding hydrogens is 350 g/mol. The molecule has 0 bridgehead atoms. The number of fused-ring (bicyclic) bond motifs is 4. The molecular formula is C24H21NO3. The zero-order chi connectivity index (χ0) is 19.5. The van der Waals surface area contributed by atoms with Crippen LogP contribution in [0, 0.1) is 0 Å². The Bertz CT molecular complexity index is 1150. The first-order valence-corrected chi connectivity index (χ1v) is 9.43. The number of carboxylic acids is 1. The maximum Gasteiger partial charge on any atom is 0.323 e. The van der Waals surface area contributed by atoms with Gasteiger partial charge in [-0.1, -0.05) is 48.5 Å². The van der Waals surface area contributed by atoms with Gasteiger partial charge in [-0.05, 0) is 54.5 Å². The number of carbonyl (C=O) groups is 1. The van der Waals surface area contributed by atoms with Crippen LogP contribution in [0.3, 0.4) is 0 Å². The van der Waals surface area contributed by atoms with Crippen molar-refractivity contribution in [1.82, 2.24) is 0 Å². The maximum absolute atomic E-state index is 11.7. The lowest BCUT2D eigenvalue weighted by Gasteiger charge is -2.46. The van der Waals surface area contributed by atoms with Crippen molar-refractivity contribution >= 4 is 28.5 Å². The molecule has 2 aliphatic rings. The Labute approximate surface area is 163 Å². The molecule has 2 aliphatic heterocycles. The third kappa shape index (κ3) is 2.09. The molecule has 1 N–H and O–H groups in total. The van der Waals surface area contributed by atoms with Gasteiger partial charge in [0.25, 0.3) is 0 Å². The SMILES string of the molecule is CC1(C)c2ccccc2N(CC(=O)O)C12C=Cc1c(ccc3ccccc13)O2. The summed E-state index contributed by atoms with van der Waals surface area (Å²) in [7, 11) is 0. The van der Waals surface area contributed by atoms with Gasteiger partial charge < -0.3 is 14.7 Å². The summed E-state index contributed by atoms with van der Waals surface area (Å²) in [5, 5.41) is 11.9. The van der Waals surface area contributed by atoms with Crippen molar-refractivity contribution in [2.45, 2.75) is 25.0 Å². The van der Waals surface area contributed by atoms with E-state index in [0.717, 1.165) is 33.3 Å². The van der Waals surface area contributed by atoms with E-state index in [1.807, 2.05) is 47.4 Å². The van der Waals surface area contributed by atoms with Crippen molar-refractivity contribution in [2.75, 3.05) is 11.4 Å². The predicted octanol–water partition coefficient (Wildman–Crippen LogP) is 4.82. The minimum absolute atomic E-state index is 0.131. The number of aliphatic carboxylic acids is 1. The fraction of sp³-hybridized carbons (Fsp3) is 0.208. The summed E-state index contributed by atoms with van der Waals surface area (Å²) in [5.41, 5.74) is 1.70. The smallest absolute Gasteiger partial charge is 0.323 e. The van der Waals surface area contributed by atoms with E-state index in [2.05, 4.69) is 44.2 Å². The zero-order valence-electron chi connectivity index (χ0n) is 15.8. The second-order valence-electron chi connectivity index (χ2n) is 7.95. The monoisotopic (exact) mass is 371 g/mol. The second kappa shape index (κ2) is 5.61. The summed E-state index contributed by atoms with van der Waals surface area (Å²) in [6.07, 6.45) is 4.12. The number of rotatable bonds is 2. The van der Waals surface area contributed by atoms with Crippen LogP contribution < -0.4 is 9.64 Å². The van der Waals surface area contributed by atoms with Gasteiger partial charge in [0.15, 0.2) is 0 Å². The van der Waals surface area contributed by atoms with Gasteiger partial charge in [0.05, 0.1) is 5.41 Å². The van der Waals surface area contributed by atoms with Crippen LogP contribution in [0.5, 0.6) is 5.75 Å². The van der Waals surface area contributed by atoms with Crippen molar-refractivity contribution in [3.63, 3.8) is 0 Å². The molecule has 2 heterocycles. The predicted molar refractivity (Wildman–Crippen MR) is 111 cm³/mol. The van der Waals surface area contributed by atoms with Crippen molar-refractivity contribution in [1.29, 1.82) is 0 Å². The molecule has 0 saturated heterocycles. The normalized spacial score (nSPS) is 21.4. The summed E-state index contributed by atoms with van der Waals surface area (Å²) in [6.45, 7) is 4.10. The van der Waals surface area contributed by atoms with Gasteiger partial charge >= 0.3 is 5.97 Å². The van der Waals surface area contributed by atoms with Gasteiger partial charge in [0.2, 0.25) is 5.72 Å². The highest BCUT2D eigenvalue weighted by molar-refractivity contribution is 5.94. The number of ether oxygens (including phenoxy) is 1. The Morgan fingerprint density at radius 3 is 2.61 bits per heavy atom. The Kier molecular flexibility index (Phi) is 3.38. The summed E-state index contributed by atoms with van der Waals surface area (Å²) in [5.74, 6) is -0.106. The van der Waals surface area contributed by atoms with Crippen LogP contribution in [0.4, 0.5) is 5.69 Å². The lowest BCUT2D eigenvalue weighted by Crippen LogP contribution is -2.60. The molecule has 140 valence electrons. The van der Waals surface area contributed by atoms with Crippen LogP contribution in [0.1, 0.15) is 25.0 Å². The van der Waals surface area contributed by atoms with E-state index in [1.54, 1.807) is 0 Å². The van der Waals surface area contributed by atoms with Crippen LogP contribution in [0.2, 0.25) is 0 Å². The van der Waals surface area contributed by atoms with Gasteiger partial charge in [0, 0.05) is 11.3 Å². The lowest BCUT2D eigenvalue weighted by atomic mass is 9.76. The molecule has 3 aromatic rings. The molecule has 3 aromatic carbocycles. The highest BCUT2D eigenvalue weighted by Crippen LogP contribution is 2.55. The number of hydrogen-bond donors (Lipinski definition) is 1. The first kappa shape index (κ1) is 16.9. The summed E-state index contributed by atoms with van der Waals surface area (Å²) in [4.78, 5) is 13.6. The Balaban J connectivity index is 1.72. The van der Waals surface area contributed by atoms with Crippen LogP contribution in [-0.4, -0.2) is 23.3 Å². The molecule has 0 aromatic heterocycles. The van der Waals surface area contributed by atoms with Crippen LogP contribution >= 0.6 is 0 Å². The van der Waals surface area contributed by atoms with Gasteiger partial charge in [-0.3, -0.25) is 4.79 Å². The van der Waals surface area contributed by atoms with Gasteiger partial charge in [-0.25, -0.2) is 0 Å². The second-order valence-corrected chi connectivity index (χ2v) is 7.95. The fourth-order valence-electron chi connectivity index (χ4n) is 4.70. The summed E-state index contributed by atoms with van der Waals surface area (Å²) >= 11 is 0. The first-order chi connectivity index (χ1) is 13.4. The van der Waals surface area contributed by atoms with E-state index in [1.165, 1.54) is 0 Å². The van der Waals surface area contributed by atoms with Crippen LogP contribution in [0.15, 0.2) is 66.7 Å². The summed E-state index contributed by atoms with van der Waals surface area (Å²) < 4.78 is 6.68. The van der Waals surface area contributed by atoms with E-state index in [-0.39, 0.29) is 6.54 Å². The highest BCUT2D eigenvalue weighted by atomic mass is 16.5. The highest BCUT2D eigenvalue weighted by Gasteiger charge is 2.59. The largest absolute Gasteiger partial charge is 0.480 e. The third-order valence-corrected chi connectivity index (χ3v) is 6.13. The van der Waals surface area contributed by atoms with Gasteiger partial charge in [-0.15, -0.1) is 0 Å². The average molecular weight is 371 g/mol. The molecule has 1 atom stereocenters. The molecule has 1 spiro atoms. The van der Waals surface area contributed by atoms with Crippen molar-refractivity contribution in [3.8, 4) is 5.75 Å². The molecule has 1 unspecified atom stereocenters. The topological polar surface area (TPSA) is 49.8 Å². The molecule has 28 heavy (non-hydrogen) atoms. The van der Waals surface area contributed by atoms with E-state index in [9.17, 15) is 9.90 Å². The number of carboxylic acid groups (broad SMARTS) is 1. The quantitative estimate of drug-likeness (QED) is 0.701. The van der Waals surface area contributed by atoms with Crippen molar-refractivity contribution in [3.05, 3.63) is 77.9 Å². The fourth-order valence-corrected chi connectivity index (χ4v) is 4.70. The third-order valence-electron chi connectivity index (χ3n) is 6.13. The summed E-state index contributed by atoms with van der Waals surface area (Å²) in [6, 6.07) is 20.2. The maximum atomic E-state index is 11.7. The average Bonchev–Trinajstić information content (AvgIpc) is 2.86.